The maximum absolute atomic E-state index is 14.9. The SMILES string of the molecule is COC(=O)N[C@H](C(=O)N1CC(F)C[C@H]1c1ncc(-c2ccc3c(c2)cc2n3C(C)Oc3cc(-c4cnc([C@@H]5CC(F)(F)CN5C(=O)[C@@H](NC(=O)OC)C(C)C)[nH]4)ccc3-2)[nH]1)C(C)C. The molecule has 8 rings (SSSR count). The van der Waals surface area contributed by atoms with Crippen molar-refractivity contribution in [1.29, 1.82) is 0 Å². The number of aromatic nitrogens is 5. The number of alkyl halides is 3. The van der Waals surface area contributed by atoms with Crippen molar-refractivity contribution in [2.75, 3.05) is 27.3 Å². The molecule has 0 saturated carbocycles. The van der Waals surface area contributed by atoms with Gasteiger partial charge in [0.2, 0.25) is 11.8 Å². The Kier molecular flexibility index (Phi) is 11.4. The second kappa shape index (κ2) is 16.6. The van der Waals surface area contributed by atoms with Crippen LogP contribution in [0.15, 0.2) is 54.9 Å². The number of methoxy groups -OCH3 is 2. The predicted molar refractivity (Wildman–Crippen MR) is 224 cm³/mol. The Balaban J connectivity index is 1.03. The summed E-state index contributed by atoms with van der Waals surface area (Å²) >= 11 is 0. The van der Waals surface area contributed by atoms with Crippen LogP contribution in [-0.4, -0.2) is 110 Å². The smallest absolute Gasteiger partial charge is 0.407 e. The van der Waals surface area contributed by atoms with Gasteiger partial charge in [-0.15, -0.1) is 0 Å². The number of nitrogens with zero attached hydrogens (tertiary/aromatic N) is 5. The number of aromatic amines is 2. The van der Waals surface area contributed by atoms with Gasteiger partial charge in [0.1, 0.15) is 35.7 Å². The molecule has 2 aromatic carbocycles. The fraction of sp³-hybridized carbons (Fsp3) is 0.455. The van der Waals surface area contributed by atoms with E-state index in [-0.39, 0.29) is 24.7 Å². The minimum atomic E-state index is -3.17. The molecule has 5 aromatic rings. The van der Waals surface area contributed by atoms with E-state index < -0.39 is 85.4 Å². The van der Waals surface area contributed by atoms with Crippen LogP contribution >= 0.6 is 0 Å². The highest BCUT2D eigenvalue weighted by atomic mass is 19.3. The topological polar surface area (TPSA) is 189 Å². The maximum atomic E-state index is 14.9. The van der Waals surface area contributed by atoms with Gasteiger partial charge >= 0.3 is 12.2 Å². The monoisotopic (exact) mass is 873 g/mol. The van der Waals surface area contributed by atoms with E-state index in [0.717, 1.165) is 39.7 Å². The fourth-order valence-electron chi connectivity index (χ4n) is 8.88. The fourth-order valence-corrected chi connectivity index (χ4v) is 8.88. The number of imidazole rings is 2. The Labute approximate surface area is 360 Å². The summed E-state index contributed by atoms with van der Waals surface area (Å²) in [6.45, 7) is 7.99. The molecule has 3 aromatic heterocycles. The summed E-state index contributed by atoms with van der Waals surface area (Å²) in [6, 6.07) is 9.98. The summed E-state index contributed by atoms with van der Waals surface area (Å²) in [4.78, 5) is 69.3. The number of ether oxygens (including phenoxy) is 3. The minimum absolute atomic E-state index is 0.0586. The lowest BCUT2D eigenvalue weighted by molar-refractivity contribution is -0.137. The summed E-state index contributed by atoms with van der Waals surface area (Å²) in [5.74, 6) is -3.68. The lowest BCUT2D eigenvalue weighted by Gasteiger charge is -2.29. The third-order valence-electron chi connectivity index (χ3n) is 12.1. The molecule has 6 heterocycles. The van der Waals surface area contributed by atoms with Crippen LogP contribution in [0.3, 0.4) is 0 Å². The summed E-state index contributed by atoms with van der Waals surface area (Å²) < 4.78 is 62.7. The van der Waals surface area contributed by atoms with Crippen LogP contribution < -0.4 is 15.4 Å². The van der Waals surface area contributed by atoms with Gasteiger partial charge in [-0.25, -0.2) is 32.7 Å². The number of nitrogens with one attached hydrogen (secondary N) is 4. The Morgan fingerprint density at radius 2 is 1.40 bits per heavy atom. The highest BCUT2D eigenvalue weighted by Crippen LogP contribution is 2.45. The molecule has 2 unspecified atom stereocenters. The molecule has 0 aliphatic carbocycles. The van der Waals surface area contributed by atoms with Gasteiger partial charge in [-0.05, 0) is 49.1 Å². The van der Waals surface area contributed by atoms with E-state index in [4.69, 9.17) is 9.47 Å². The van der Waals surface area contributed by atoms with Crippen LogP contribution in [0.2, 0.25) is 0 Å². The van der Waals surface area contributed by atoms with Gasteiger partial charge in [0.25, 0.3) is 5.92 Å². The van der Waals surface area contributed by atoms with Crippen molar-refractivity contribution in [3.05, 3.63) is 66.5 Å². The van der Waals surface area contributed by atoms with Gasteiger partial charge in [-0.2, -0.15) is 0 Å². The number of rotatable bonds is 10. The number of H-pyrrole nitrogens is 2. The average Bonchev–Trinajstić information content (AvgIpc) is 4.10. The molecular weight excluding hydrogens is 824 g/mol. The van der Waals surface area contributed by atoms with Gasteiger partial charge in [-0.1, -0.05) is 39.8 Å². The number of halogens is 3. The molecule has 6 atom stereocenters. The van der Waals surface area contributed by atoms with Crippen molar-refractivity contribution in [1.82, 2.24) is 44.9 Å². The number of alkyl carbamates (subject to hydrolysis) is 2. The van der Waals surface area contributed by atoms with Gasteiger partial charge in [-0.3, -0.25) is 9.59 Å². The van der Waals surface area contributed by atoms with Crippen LogP contribution in [0.1, 0.15) is 77.4 Å². The van der Waals surface area contributed by atoms with Crippen molar-refractivity contribution in [2.24, 2.45) is 11.8 Å². The van der Waals surface area contributed by atoms with Crippen LogP contribution in [0.25, 0.3) is 44.7 Å². The lowest BCUT2D eigenvalue weighted by Crippen LogP contribution is -2.51. The minimum Gasteiger partial charge on any atom is -0.470 e. The largest absolute Gasteiger partial charge is 0.470 e. The average molecular weight is 874 g/mol. The van der Waals surface area contributed by atoms with Crippen LogP contribution in [0.5, 0.6) is 5.75 Å². The predicted octanol–water partition coefficient (Wildman–Crippen LogP) is 7.28. The van der Waals surface area contributed by atoms with Crippen molar-refractivity contribution < 1.29 is 46.6 Å². The number of carbonyl (C=O) groups is 4. The molecule has 2 fully saturated rings. The van der Waals surface area contributed by atoms with E-state index in [1.54, 1.807) is 33.9 Å². The summed E-state index contributed by atoms with van der Waals surface area (Å²) in [5, 5.41) is 5.98. The van der Waals surface area contributed by atoms with Crippen LogP contribution in [0, 0.1) is 11.8 Å². The second-order valence-corrected chi connectivity index (χ2v) is 17.1. The number of likely N-dealkylation sites (tertiary alicyclic amines) is 2. The van der Waals surface area contributed by atoms with Crippen molar-refractivity contribution >= 4 is 34.9 Å². The molecule has 2 saturated heterocycles. The lowest BCUT2D eigenvalue weighted by atomic mass is 10.0. The third-order valence-corrected chi connectivity index (χ3v) is 12.1. The van der Waals surface area contributed by atoms with E-state index in [9.17, 15) is 32.3 Å². The number of hydrogen-bond acceptors (Lipinski definition) is 9. The quantitative estimate of drug-likeness (QED) is 0.112. The normalized spacial score (nSPS) is 21.2. The molecule has 19 heteroatoms. The first kappa shape index (κ1) is 43.1. The summed E-state index contributed by atoms with van der Waals surface area (Å²) in [5.41, 5.74) is 5.40. The molecule has 334 valence electrons. The van der Waals surface area contributed by atoms with Crippen molar-refractivity contribution in [2.45, 2.75) is 89.9 Å². The molecule has 63 heavy (non-hydrogen) atoms. The number of hydrogen-bond donors (Lipinski definition) is 4. The molecule has 4 N–H and O–H groups in total. The molecule has 4 amide bonds. The molecular formula is C44H50F3N9O7. The molecule has 0 bridgehead atoms. The molecule has 0 spiro atoms. The number of benzene rings is 2. The number of fused-ring (bicyclic) bond motifs is 5. The third kappa shape index (κ3) is 8.15. The van der Waals surface area contributed by atoms with Crippen LogP contribution in [-0.2, 0) is 19.1 Å². The summed E-state index contributed by atoms with van der Waals surface area (Å²) in [7, 11) is 2.38. The van der Waals surface area contributed by atoms with Gasteiger partial charge in [0.15, 0.2) is 6.23 Å². The zero-order valence-corrected chi connectivity index (χ0v) is 35.9. The zero-order chi connectivity index (χ0) is 45.1. The number of amides is 4. The molecule has 3 aliphatic rings. The standard InChI is InChI=1S/C44H50F3N9O7/c1-21(2)36(52-42(59)61-6)40(57)54-19-27(45)15-33(54)38-48-17-29(50-38)24-9-11-31-26(12-24)13-32-28-10-8-25(14-35(28)63-23(5)56(31)32)30-18-49-39(51-30)34-16-44(46,47)20-55(34)41(58)37(22(3)4)53-43(60)62-7/h8-14,17-18,21-23,27,33-34,36-37H,15-16,19-20H2,1-7H3,(H,48,50)(H,49,51)(H,52,59)(H,53,60)/t23?,27?,33-,34-,36-,37-/m0/s1. The van der Waals surface area contributed by atoms with Crippen molar-refractivity contribution in [3.8, 4) is 39.5 Å². The highest BCUT2D eigenvalue weighted by molar-refractivity contribution is 5.92. The zero-order valence-electron chi connectivity index (χ0n) is 35.9. The maximum Gasteiger partial charge on any atom is 0.407 e. The first-order valence-electron chi connectivity index (χ1n) is 20.8. The van der Waals surface area contributed by atoms with Crippen molar-refractivity contribution in [3.63, 3.8) is 0 Å². The van der Waals surface area contributed by atoms with Gasteiger partial charge < -0.3 is 49.2 Å². The summed E-state index contributed by atoms with van der Waals surface area (Å²) in [6.07, 6.45) is -0.624. The van der Waals surface area contributed by atoms with E-state index in [1.807, 2.05) is 43.3 Å². The van der Waals surface area contributed by atoms with E-state index in [1.165, 1.54) is 18.2 Å². The van der Waals surface area contributed by atoms with E-state index in [2.05, 4.69) is 45.9 Å². The molecule has 0 radical (unpaired) electrons. The van der Waals surface area contributed by atoms with E-state index >= 15 is 0 Å². The first-order chi connectivity index (χ1) is 30.0. The first-order valence-corrected chi connectivity index (χ1v) is 20.8. The Morgan fingerprint density at radius 1 is 0.825 bits per heavy atom. The van der Waals surface area contributed by atoms with E-state index in [0.29, 0.717) is 28.5 Å². The highest BCUT2D eigenvalue weighted by Gasteiger charge is 2.50. The Morgan fingerprint density at radius 3 is 2.00 bits per heavy atom. The number of carbonyl (C=O) groups excluding carboxylic acids is 4. The molecule has 16 nitrogen and oxygen atoms in total. The second-order valence-electron chi connectivity index (χ2n) is 17.1. The Bertz CT molecular complexity index is 2570. The van der Waals surface area contributed by atoms with Gasteiger partial charge in [0.05, 0.1) is 74.4 Å². The van der Waals surface area contributed by atoms with Crippen LogP contribution in [0.4, 0.5) is 22.8 Å². The van der Waals surface area contributed by atoms with Gasteiger partial charge in [0, 0.05) is 34.9 Å². The Hall–Kier alpha value is -6.53. The molecule has 3 aliphatic heterocycles.